The highest BCUT2D eigenvalue weighted by Gasteiger charge is 2.32. The van der Waals surface area contributed by atoms with Crippen molar-refractivity contribution in [2.75, 3.05) is 26.7 Å². The minimum absolute atomic E-state index is 0.120. The molecule has 7 heteroatoms. The van der Waals surface area contributed by atoms with Gasteiger partial charge in [-0.25, -0.2) is 0 Å². The first-order chi connectivity index (χ1) is 9.54. The van der Waals surface area contributed by atoms with Crippen molar-refractivity contribution >= 4 is 50.3 Å². The largest absolute Gasteiger partial charge is 0.357 e. The lowest BCUT2D eigenvalue weighted by atomic mass is 10.1. The fourth-order valence-corrected chi connectivity index (χ4v) is 3.07. The van der Waals surface area contributed by atoms with Crippen LogP contribution in [0.3, 0.4) is 0 Å². The lowest BCUT2D eigenvalue weighted by Gasteiger charge is -2.35. The topological polar surface area (TPSA) is 61.4 Å². The minimum Gasteiger partial charge on any atom is -0.357 e. The molecule has 0 aliphatic carbocycles. The van der Waals surface area contributed by atoms with Crippen LogP contribution in [0.5, 0.6) is 0 Å². The Hall–Kier alpha value is -0.670. The maximum atomic E-state index is 12.7. The van der Waals surface area contributed by atoms with E-state index >= 15 is 0 Å². The predicted molar refractivity (Wildman–Crippen MR) is 88.6 cm³/mol. The van der Waals surface area contributed by atoms with Gasteiger partial charge < -0.3 is 15.5 Å². The number of nitrogens with zero attached hydrogens (tertiary/aromatic N) is 1. The van der Waals surface area contributed by atoms with Gasteiger partial charge >= 0.3 is 0 Å². The normalized spacial score (nSPS) is 18.8. The van der Waals surface area contributed by atoms with Crippen molar-refractivity contribution < 1.29 is 9.59 Å². The van der Waals surface area contributed by atoms with E-state index in [4.69, 9.17) is 0 Å². The molecular weight excluding hydrogens is 437 g/mol. The second-order valence-corrected chi connectivity index (χ2v) is 6.56. The third-order valence-corrected chi connectivity index (χ3v) is 4.57. The molecule has 0 radical (unpaired) electrons. The summed E-state index contributed by atoms with van der Waals surface area (Å²) in [5.41, 5.74) is 0.590. The molecule has 0 aromatic heterocycles. The second kappa shape index (κ2) is 6.86. The van der Waals surface area contributed by atoms with Crippen LogP contribution in [-0.2, 0) is 4.79 Å². The molecule has 5 nitrogen and oxygen atoms in total. The van der Waals surface area contributed by atoms with E-state index in [-0.39, 0.29) is 11.8 Å². The smallest absolute Gasteiger partial charge is 0.255 e. The van der Waals surface area contributed by atoms with E-state index in [1.165, 1.54) is 0 Å². The zero-order valence-electron chi connectivity index (χ0n) is 11.0. The summed E-state index contributed by atoms with van der Waals surface area (Å²) >= 11 is 5.57. The maximum Gasteiger partial charge on any atom is 0.255 e. The van der Waals surface area contributed by atoms with E-state index in [1.807, 2.05) is 18.2 Å². The summed E-state index contributed by atoms with van der Waals surface area (Å²) in [5, 5.41) is 5.76. The molecule has 0 spiro atoms. The van der Waals surface area contributed by atoms with Gasteiger partial charge in [-0.15, -0.1) is 0 Å². The zero-order valence-corrected chi connectivity index (χ0v) is 14.7. The molecule has 1 saturated heterocycles. The molecular formula is C13H15BrIN3O2. The number of likely N-dealkylation sites (N-methyl/N-ethyl adjacent to an activating group) is 1. The first-order valence-electron chi connectivity index (χ1n) is 6.23. The summed E-state index contributed by atoms with van der Waals surface area (Å²) < 4.78 is 1.73. The van der Waals surface area contributed by atoms with Crippen LogP contribution in [0.15, 0.2) is 22.7 Å². The van der Waals surface area contributed by atoms with Crippen LogP contribution in [-0.4, -0.2) is 49.4 Å². The third kappa shape index (κ3) is 3.32. The summed E-state index contributed by atoms with van der Waals surface area (Å²) in [6.07, 6.45) is 0. The van der Waals surface area contributed by atoms with E-state index in [2.05, 4.69) is 49.2 Å². The monoisotopic (exact) mass is 451 g/mol. The summed E-state index contributed by atoms with van der Waals surface area (Å²) in [6, 6.07) is 5.14. The number of piperazine rings is 1. The number of amides is 2. The number of hydrogen-bond acceptors (Lipinski definition) is 3. The number of rotatable bonds is 2. The lowest BCUT2D eigenvalue weighted by Crippen LogP contribution is -2.59. The van der Waals surface area contributed by atoms with Crippen LogP contribution >= 0.6 is 38.5 Å². The van der Waals surface area contributed by atoms with Crippen LogP contribution in [0, 0.1) is 3.57 Å². The van der Waals surface area contributed by atoms with Crippen molar-refractivity contribution in [2.24, 2.45) is 0 Å². The maximum absolute atomic E-state index is 12.7. The van der Waals surface area contributed by atoms with Crippen molar-refractivity contribution in [3.63, 3.8) is 0 Å². The molecule has 1 fully saturated rings. The van der Waals surface area contributed by atoms with Crippen molar-refractivity contribution in [3.8, 4) is 0 Å². The Labute approximate surface area is 139 Å². The van der Waals surface area contributed by atoms with Gasteiger partial charge in [0, 0.05) is 34.7 Å². The molecule has 1 atom stereocenters. The van der Waals surface area contributed by atoms with Crippen LogP contribution in [0.4, 0.5) is 0 Å². The molecule has 20 heavy (non-hydrogen) atoms. The molecule has 2 amide bonds. The number of hydrogen-bond donors (Lipinski definition) is 2. The van der Waals surface area contributed by atoms with Crippen LogP contribution in [0.2, 0.25) is 0 Å². The molecule has 2 N–H and O–H groups in total. The highest BCUT2D eigenvalue weighted by molar-refractivity contribution is 14.1. The van der Waals surface area contributed by atoms with E-state index in [0.29, 0.717) is 25.2 Å². The quantitative estimate of drug-likeness (QED) is 0.664. The molecule has 108 valence electrons. The standard InChI is InChI=1S/C13H15BrIN3O2/c1-16-12(19)11-7-17-4-5-18(11)13(20)9-6-8(15)2-3-10(9)14/h2-3,6,11,17H,4-5,7H2,1H3,(H,16,19). The lowest BCUT2D eigenvalue weighted by molar-refractivity contribution is -0.125. The molecule has 1 unspecified atom stereocenters. The predicted octanol–water partition coefficient (Wildman–Crippen LogP) is 1.21. The molecule has 1 aliphatic heterocycles. The van der Waals surface area contributed by atoms with E-state index in [0.717, 1.165) is 8.04 Å². The Morgan fingerprint density at radius 3 is 2.95 bits per heavy atom. The third-order valence-electron chi connectivity index (χ3n) is 3.21. The van der Waals surface area contributed by atoms with Crippen molar-refractivity contribution in [1.29, 1.82) is 0 Å². The molecule has 2 rings (SSSR count). The van der Waals surface area contributed by atoms with Crippen LogP contribution in [0.25, 0.3) is 0 Å². The van der Waals surface area contributed by atoms with Crippen LogP contribution in [0.1, 0.15) is 10.4 Å². The van der Waals surface area contributed by atoms with Gasteiger partial charge in [0.15, 0.2) is 0 Å². The van der Waals surface area contributed by atoms with Crippen molar-refractivity contribution in [2.45, 2.75) is 6.04 Å². The van der Waals surface area contributed by atoms with Gasteiger partial charge in [0.25, 0.3) is 5.91 Å². The molecule has 1 heterocycles. The Kier molecular flexibility index (Phi) is 5.39. The Balaban J connectivity index is 2.30. The Morgan fingerprint density at radius 2 is 2.25 bits per heavy atom. The molecule has 0 saturated carbocycles. The number of carbonyl (C=O) groups is 2. The first-order valence-corrected chi connectivity index (χ1v) is 8.10. The van der Waals surface area contributed by atoms with Crippen LogP contribution < -0.4 is 10.6 Å². The fraction of sp³-hybridized carbons (Fsp3) is 0.385. The highest BCUT2D eigenvalue weighted by atomic mass is 127. The minimum atomic E-state index is -0.467. The Morgan fingerprint density at radius 1 is 1.50 bits per heavy atom. The van der Waals surface area contributed by atoms with E-state index < -0.39 is 6.04 Å². The average molecular weight is 452 g/mol. The Bertz CT molecular complexity index is 538. The van der Waals surface area contributed by atoms with Gasteiger partial charge in [-0.1, -0.05) is 0 Å². The van der Waals surface area contributed by atoms with E-state index in [9.17, 15) is 9.59 Å². The molecule has 1 aliphatic rings. The number of nitrogens with one attached hydrogen (secondary N) is 2. The summed E-state index contributed by atoms with van der Waals surface area (Å²) in [6.45, 7) is 1.70. The van der Waals surface area contributed by atoms with Crippen molar-refractivity contribution in [3.05, 3.63) is 31.8 Å². The van der Waals surface area contributed by atoms with Gasteiger partial charge in [-0.3, -0.25) is 9.59 Å². The SMILES string of the molecule is CNC(=O)C1CNCCN1C(=O)c1cc(I)ccc1Br. The first kappa shape index (κ1) is 15.7. The van der Waals surface area contributed by atoms with Gasteiger partial charge in [0.2, 0.25) is 5.91 Å². The van der Waals surface area contributed by atoms with Gasteiger partial charge in [0.05, 0.1) is 5.56 Å². The number of carbonyl (C=O) groups excluding carboxylic acids is 2. The molecule has 0 bridgehead atoms. The zero-order chi connectivity index (χ0) is 14.7. The second-order valence-electron chi connectivity index (χ2n) is 4.46. The number of halogens is 2. The summed E-state index contributed by atoms with van der Waals surface area (Å²) in [4.78, 5) is 26.2. The molecule has 1 aromatic rings. The summed E-state index contributed by atoms with van der Waals surface area (Å²) in [5.74, 6) is -0.266. The van der Waals surface area contributed by atoms with Crippen molar-refractivity contribution in [1.82, 2.24) is 15.5 Å². The molecule has 1 aromatic carbocycles. The van der Waals surface area contributed by atoms with Gasteiger partial charge in [-0.2, -0.15) is 0 Å². The fourth-order valence-electron chi connectivity index (χ4n) is 2.16. The van der Waals surface area contributed by atoms with E-state index in [1.54, 1.807) is 11.9 Å². The van der Waals surface area contributed by atoms with Gasteiger partial charge in [-0.05, 0) is 56.7 Å². The average Bonchev–Trinajstić information content (AvgIpc) is 2.48. The van der Waals surface area contributed by atoms with Gasteiger partial charge in [0.1, 0.15) is 6.04 Å². The summed E-state index contributed by atoms with van der Waals surface area (Å²) in [7, 11) is 1.58. The number of benzene rings is 1. The highest BCUT2D eigenvalue weighted by Crippen LogP contribution is 2.22.